The van der Waals surface area contributed by atoms with E-state index >= 15 is 0 Å². The maximum Gasteiger partial charge on any atom is 0.453 e. The van der Waals surface area contributed by atoms with E-state index in [1.165, 1.54) is 37.7 Å². The number of aliphatic hydroxyl groups excluding tert-OH is 1. The Hall–Kier alpha value is -1.90. The Kier molecular flexibility index (Phi) is 10.2. The monoisotopic (exact) mass is 642 g/mol. The number of unbranched alkanes of at least 4 members (excludes halogenated alkanes) is 6. The Balaban J connectivity index is 1.06. The number of aromatic hydroxyl groups is 1. The van der Waals surface area contributed by atoms with Crippen molar-refractivity contribution in [1.82, 2.24) is 0 Å². The molecule has 0 aromatic heterocycles. The summed E-state index contributed by atoms with van der Waals surface area (Å²) in [6.45, 7) is 2.54. The SMILES string of the molecule is C[C@]12CCC3c4ccc(O)cc4[C@H](O)C(CCCCCCCCCC(CCCC(F)(F)C(F)(F)F)C(=O)O)C3C1CCC21CC1. The van der Waals surface area contributed by atoms with Crippen molar-refractivity contribution in [3.05, 3.63) is 29.3 Å². The van der Waals surface area contributed by atoms with Crippen LogP contribution in [-0.2, 0) is 4.79 Å². The second-order valence-electron chi connectivity index (χ2n) is 15.2. The molecule has 1 aromatic rings. The van der Waals surface area contributed by atoms with Gasteiger partial charge in [-0.2, -0.15) is 22.0 Å². The van der Waals surface area contributed by atoms with Gasteiger partial charge in [0.05, 0.1) is 12.0 Å². The normalized spacial score (nSPS) is 30.9. The van der Waals surface area contributed by atoms with E-state index < -0.39 is 42.9 Å². The van der Waals surface area contributed by atoms with Crippen LogP contribution in [-0.4, -0.2) is 33.4 Å². The minimum atomic E-state index is -5.60. The molecule has 5 rings (SSSR count). The van der Waals surface area contributed by atoms with Crippen LogP contribution in [0.3, 0.4) is 0 Å². The van der Waals surface area contributed by atoms with Gasteiger partial charge in [-0.15, -0.1) is 0 Å². The van der Waals surface area contributed by atoms with Crippen molar-refractivity contribution in [1.29, 1.82) is 0 Å². The summed E-state index contributed by atoms with van der Waals surface area (Å²) < 4.78 is 63.4. The van der Waals surface area contributed by atoms with E-state index in [4.69, 9.17) is 0 Å². The Morgan fingerprint density at radius 3 is 2.18 bits per heavy atom. The number of hydrogen-bond donors (Lipinski definition) is 3. The van der Waals surface area contributed by atoms with E-state index in [1.807, 2.05) is 0 Å². The van der Waals surface area contributed by atoms with Gasteiger partial charge in [0.25, 0.3) is 0 Å². The van der Waals surface area contributed by atoms with Crippen molar-refractivity contribution >= 4 is 5.97 Å². The fourth-order valence-corrected chi connectivity index (χ4v) is 10.1. The smallest absolute Gasteiger partial charge is 0.453 e. The fraction of sp³-hybridized carbons (Fsp3) is 0.806. The van der Waals surface area contributed by atoms with Gasteiger partial charge in [0.15, 0.2) is 0 Å². The van der Waals surface area contributed by atoms with Gasteiger partial charge in [0.2, 0.25) is 0 Å². The van der Waals surface area contributed by atoms with Gasteiger partial charge in [-0.3, -0.25) is 4.79 Å². The summed E-state index contributed by atoms with van der Waals surface area (Å²) in [5, 5.41) is 31.3. The van der Waals surface area contributed by atoms with Crippen molar-refractivity contribution in [3.8, 4) is 5.75 Å². The van der Waals surface area contributed by atoms with E-state index in [1.54, 1.807) is 12.1 Å². The summed E-state index contributed by atoms with van der Waals surface area (Å²) in [5.74, 6) is -4.88. The molecule has 0 saturated heterocycles. The molecule has 0 aliphatic heterocycles. The van der Waals surface area contributed by atoms with Gasteiger partial charge in [-0.1, -0.05) is 57.9 Å². The third-order valence-corrected chi connectivity index (χ3v) is 12.8. The van der Waals surface area contributed by atoms with Crippen LogP contribution in [0, 0.1) is 34.5 Å². The standard InChI is InChI=1S/C36H51F5O4/c1-33-18-15-26-25-14-13-24(42)22-28(25)31(43)27(30(26)29(33)16-19-34(33)20-21-34)12-8-6-4-2-3-5-7-10-23(32(44)45)11-9-17-35(37,38)36(39,40)41/h13-14,22-23,26-27,29-31,42-43H,2-12,15-21H2,1H3,(H,44,45)/t23?,26?,27?,29?,30?,31-,33+/m1/s1. The number of phenolic OH excluding ortho intramolecular Hbond substituents is 1. The summed E-state index contributed by atoms with van der Waals surface area (Å²) in [4.78, 5) is 11.5. The number of aliphatic hydroxyl groups is 1. The number of fused-ring (bicyclic) bond motifs is 6. The number of hydrogen-bond acceptors (Lipinski definition) is 3. The number of rotatable bonds is 15. The zero-order valence-electron chi connectivity index (χ0n) is 26.6. The molecule has 3 saturated carbocycles. The van der Waals surface area contributed by atoms with Gasteiger partial charge in [-0.25, -0.2) is 0 Å². The summed E-state index contributed by atoms with van der Waals surface area (Å²) in [6.07, 6.45) is 7.18. The number of alkyl halides is 5. The van der Waals surface area contributed by atoms with Gasteiger partial charge in [0.1, 0.15) is 5.75 Å². The van der Waals surface area contributed by atoms with Crippen molar-refractivity contribution < 1.29 is 42.1 Å². The summed E-state index contributed by atoms with van der Waals surface area (Å²) in [6, 6.07) is 5.60. The van der Waals surface area contributed by atoms with Crippen molar-refractivity contribution in [2.75, 3.05) is 0 Å². The first kappa shape index (κ1) is 34.4. The molecule has 0 bridgehead atoms. The molecule has 4 aliphatic rings. The number of carbonyl (C=O) groups is 1. The summed E-state index contributed by atoms with van der Waals surface area (Å²) >= 11 is 0. The first-order chi connectivity index (χ1) is 21.2. The molecule has 3 N–H and O–H groups in total. The molecule has 7 atom stereocenters. The Bertz CT molecular complexity index is 1180. The molecule has 4 aliphatic carbocycles. The lowest BCUT2D eigenvalue weighted by Crippen LogP contribution is -2.47. The highest BCUT2D eigenvalue weighted by molar-refractivity contribution is 5.69. The van der Waals surface area contributed by atoms with Crippen LogP contribution in [0.1, 0.15) is 146 Å². The molecule has 0 radical (unpaired) electrons. The average Bonchev–Trinajstić information content (AvgIpc) is 3.71. The van der Waals surface area contributed by atoms with Crippen molar-refractivity contribution in [2.45, 2.75) is 147 Å². The van der Waals surface area contributed by atoms with Crippen LogP contribution in [0.15, 0.2) is 18.2 Å². The highest BCUT2D eigenvalue weighted by Crippen LogP contribution is 2.76. The van der Waals surface area contributed by atoms with Crippen LogP contribution in [0.4, 0.5) is 22.0 Å². The van der Waals surface area contributed by atoms with E-state index in [0.29, 0.717) is 35.0 Å². The Morgan fingerprint density at radius 1 is 0.889 bits per heavy atom. The first-order valence-electron chi connectivity index (χ1n) is 17.4. The van der Waals surface area contributed by atoms with Crippen molar-refractivity contribution in [3.63, 3.8) is 0 Å². The van der Waals surface area contributed by atoms with Gasteiger partial charge in [0, 0.05) is 6.42 Å². The van der Waals surface area contributed by atoms with Crippen LogP contribution in [0.2, 0.25) is 0 Å². The van der Waals surface area contributed by atoms with Crippen LogP contribution in [0.25, 0.3) is 0 Å². The number of aliphatic carboxylic acids is 1. The quantitative estimate of drug-likeness (QED) is 0.131. The number of benzene rings is 1. The molecule has 3 fully saturated rings. The molecule has 5 unspecified atom stereocenters. The van der Waals surface area contributed by atoms with E-state index in [2.05, 4.69) is 13.0 Å². The Labute approximate surface area is 264 Å². The van der Waals surface area contributed by atoms with Crippen LogP contribution in [0.5, 0.6) is 5.75 Å². The van der Waals surface area contributed by atoms with Gasteiger partial charge in [-0.05, 0) is 122 Å². The van der Waals surface area contributed by atoms with Crippen LogP contribution >= 0.6 is 0 Å². The van der Waals surface area contributed by atoms with E-state index in [-0.39, 0.29) is 24.5 Å². The largest absolute Gasteiger partial charge is 0.508 e. The lowest BCUT2D eigenvalue weighted by Gasteiger charge is -2.55. The predicted molar refractivity (Wildman–Crippen MR) is 162 cm³/mol. The number of halogens is 5. The highest BCUT2D eigenvalue weighted by Gasteiger charge is 2.67. The lowest BCUT2D eigenvalue weighted by atomic mass is 9.50. The van der Waals surface area contributed by atoms with Gasteiger partial charge >= 0.3 is 18.1 Å². The van der Waals surface area contributed by atoms with E-state index in [9.17, 15) is 42.1 Å². The third kappa shape index (κ3) is 6.89. The maximum atomic E-state index is 13.1. The zero-order valence-corrected chi connectivity index (χ0v) is 26.6. The molecular formula is C36H51F5O4. The zero-order chi connectivity index (χ0) is 32.6. The molecule has 0 heterocycles. The molecule has 1 aromatic carbocycles. The van der Waals surface area contributed by atoms with Crippen molar-refractivity contribution in [2.24, 2.45) is 34.5 Å². The van der Waals surface area contributed by atoms with E-state index in [0.717, 1.165) is 56.9 Å². The molecular weight excluding hydrogens is 591 g/mol. The Morgan fingerprint density at radius 2 is 1.53 bits per heavy atom. The topological polar surface area (TPSA) is 77.8 Å². The van der Waals surface area contributed by atoms with Gasteiger partial charge < -0.3 is 15.3 Å². The minimum Gasteiger partial charge on any atom is -0.508 e. The first-order valence-corrected chi connectivity index (χ1v) is 17.4. The molecule has 4 nitrogen and oxygen atoms in total. The fourth-order valence-electron chi connectivity index (χ4n) is 10.1. The highest BCUT2D eigenvalue weighted by atomic mass is 19.4. The lowest BCUT2D eigenvalue weighted by molar-refractivity contribution is -0.284. The minimum absolute atomic E-state index is 0.180. The second-order valence-corrected chi connectivity index (χ2v) is 15.2. The average molecular weight is 643 g/mol. The summed E-state index contributed by atoms with van der Waals surface area (Å²) in [7, 11) is 0. The maximum absolute atomic E-state index is 13.1. The third-order valence-electron chi connectivity index (χ3n) is 12.8. The number of carboxylic acids is 1. The summed E-state index contributed by atoms with van der Waals surface area (Å²) in [5.41, 5.74) is 3.05. The molecule has 1 spiro atoms. The molecule has 0 amide bonds. The predicted octanol–water partition coefficient (Wildman–Crippen LogP) is 10.3. The molecule has 45 heavy (non-hydrogen) atoms. The number of phenols is 1. The molecule has 254 valence electrons. The number of carboxylic acid groups (broad SMARTS) is 1. The second kappa shape index (κ2) is 13.3. The molecule has 9 heteroatoms. The van der Waals surface area contributed by atoms with Crippen LogP contribution < -0.4 is 0 Å².